The van der Waals surface area contributed by atoms with Crippen molar-refractivity contribution in [1.82, 2.24) is 9.13 Å². The molecule has 3 nitrogen and oxygen atoms in total. The summed E-state index contributed by atoms with van der Waals surface area (Å²) in [5, 5.41) is 14.0. The maximum absolute atomic E-state index is 15.6. The van der Waals surface area contributed by atoms with Crippen LogP contribution in [0.4, 0.5) is 26.3 Å². The Morgan fingerprint density at radius 1 is 0.422 bits per heavy atom. The van der Waals surface area contributed by atoms with Gasteiger partial charge in [-0.25, -0.2) is 0 Å². The second kappa shape index (κ2) is 14.8. The summed E-state index contributed by atoms with van der Waals surface area (Å²) in [6, 6.07) is 46.5. The number of alkyl halides is 6. The van der Waals surface area contributed by atoms with Crippen molar-refractivity contribution in [2.24, 2.45) is 0 Å². The van der Waals surface area contributed by atoms with Crippen molar-refractivity contribution < 1.29 is 26.3 Å². The number of halogens is 6. The molecule has 0 aliphatic heterocycles. The zero-order valence-corrected chi connectivity index (χ0v) is 35.0. The number of fused-ring (bicyclic) bond motifs is 6. The van der Waals surface area contributed by atoms with Crippen LogP contribution in [0.2, 0.25) is 0 Å². The highest BCUT2D eigenvalue weighted by Gasteiger charge is 2.40. The van der Waals surface area contributed by atoms with Gasteiger partial charge in [-0.2, -0.15) is 31.6 Å². The molecule has 0 amide bonds. The van der Waals surface area contributed by atoms with Crippen molar-refractivity contribution in [3.63, 3.8) is 0 Å². The Morgan fingerprint density at radius 3 is 1.28 bits per heavy atom. The van der Waals surface area contributed by atoms with Crippen molar-refractivity contribution in [2.45, 2.75) is 40.0 Å². The Hall–Kier alpha value is -7.57. The molecule has 10 rings (SSSR count). The Kier molecular flexibility index (Phi) is 9.35. The largest absolute Gasteiger partial charge is 0.417 e. The average Bonchev–Trinajstić information content (AvgIpc) is 3.76. The SMILES string of the molecule is Cc1cc(C)cc(-c2ccc3c4ccccc4n(-c4cc(C#N)cc(-n5c6ccccc6c6ccc(-c7cc(C)cc(C)c7)cc65)c4-c4ccc(C(F)(F)F)cc4C(F)(F)F)c3c2)c1. The Balaban J connectivity index is 1.40. The van der Waals surface area contributed by atoms with E-state index in [9.17, 15) is 18.4 Å². The molecule has 0 radical (unpaired) electrons. The highest BCUT2D eigenvalue weighted by Crippen LogP contribution is 2.48. The van der Waals surface area contributed by atoms with Crippen molar-refractivity contribution in [2.75, 3.05) is 0 Å². The molecule has 64 heavy (non-hydrogen) atoms. The Bertz CT molecular complexity index is 3360. The minimum atomic E-state index is -5.22. The summed E-state index contributed by atoms with van der Waals surface area (Å²) in [4.78, 5) is 0. The van der Waals surface area contributed by atoms with Crippen LogP contribution in [0.5, 0.6) is 0 Å². The highest BCUT2D eigenvalue weighted by atomic mass is 19.4. The number of benzene rings is 8. The van der Waals surface area contributed by atoms with Crippen LogP contribution in [-0.4, -0.2) is 9.13 Å². The van der Waals surface area contributed by atoms with Crippen molar-refractivity contribution in [3.8, 4) is 50.8 Å². The minimum absolute atomic E-state index is 0.000961. The normalized spacial score (nSPS) is 12.2. The van der Waals surface area contributed by atoms with Crippen molar-refractivity contribution in [3.05, 3.63) is 191 Å². The number of hydrogen-bond acceptors (Lipinski definition) is 1. The van der Waals surface area contributed by atoms with Crippen LogP contribution in [0.15, 0.2) is 152 Å². The van der Waals surface area contributed by atoms with Gasteiger partial charge in [0.25, 0.3) is 0 Å². The third-order valence-corrected chi connectivity index (χ3v) is 12.1. The van der Waals surface area contributed by atoms with Crippen LogP contribution in [0.3, 0.4) is 0 Å². The van der Waals surface area contributed by atoms with E-state index in [0.717, 1.165) is 72.1 Å². The predicted molar refractivity (Wildman–Crippen MR) is 245 cm³/mol. The first-order valence-electron chi connectivity index (χ1n) is 20.7. The van der Waals surface area contributed by atoms with Crippen molar-refractivity contribution in [1.29, 1.82) is 5.26 Å². The van der Waals surface area contributed by atoms with E-state index in [1.165, 1.54) is 0 Å². The second-order valence-corrected chi connectivity index (χ2v) is 16.7. The number of hydrogen-bond donors (Lipinski definition) is 0. The first kappa shape index (κ1) is 40.5. The fourth-order valence-electron chi connectivity index (χ4n) is 9.58. The summed E-state index contributed by atoms with van der Waals surface area (Å²) in [6.45, 7) is 8.04. The molecule has 0 atom stereocenters. The van der Waals surface area contributed by atoms with E-state index < -0.39 is 29.0 Å². The molecule has 0 unspecified atom stereocenters. The lowest BCUT2D eigenvalue weighted by Gasteiger charge is -2.24. The monoisotopic (exact) mass is 853 g/mol. The molecule has 2 heterocycles. The first-order chi connectivity index (χ1) is 30.6. The number of aryl methyl sites for hydroxylation is 4. The number of nitriles is 1. The van der Waals surface area contributed by atoms with Gasteiger partial charge in [0.2, 0.25) is 0 Å². The fraction of sp³-hybridized carbons (Fsp3) is 0.109. The molecule has 0 saturated heterocycles. The van der Waals surface area contributed by atoms with Gasteiger partial charge >= 0.3 is 12.4 Å². The lowest BCUT2D eigenvalue weighted by Crippen LogP contribution is -2.14. The Labute approximate surface area is 364 Å². The van der Waals surface area contributed by atoms with Gasteiger partial charge in [-0.05, 0) is 104 Å². The molecule has 0 fully saturated rings. The molecule has 0 bridgehead atoms. The Morgan fingerprint density at radius 2 is 0.859 bits per heavy atom. The topological polar surface area (TPSA) is 33.6 Å². The predicted octanol–water partition coefficient (Wildman–Crippen LogP) is 16.0. The van der Waals surface area contributed by atoms with Gasteiger partial charge in [-0.3, -0.25) is 0 Å². The molecule has 8 aromatic carbocycles. The number of aromatic nitrogens is 2. The van der Waals surface area contributed by atoms with Crippen LogP contribution < -0.4 is 0 Å². The first-order valence-corrected chi connectivity index (χ1v) is 20.7. The molecule has 9 heteroatoms. The van der Waals surface area contributed by atoms with Gasteiger partial charge in [0, 0.05) is 27.1 Å². The summed E-state index contributed by atoms with van der Waals surface area (Å²) in [7, 11) is 0. The molecular weight excluding hydrogens is 817 g/mol. The summed E-state index contributed by atoms with van der Waals surface area (Å²) in [5.74, 6) is 0. The van der Waals surface area contributed by atoms with Crippen LogP contribution in [-0.2, 0) is 12.4 Å². The zero-order valence-electron chi connectivity index (χ0n) is 35.0. The quantitative estimate of drug-likeness (QED) is 0.159. The van der Waals surface area contributed by atoms with E-state index in [2.05, 4.69) is 42.5 Å². The van der Waals surface area contributed by atoms with Crippen LogP contribution in [0.25, 0.3) is 88.4 Å². The molecule has 314 valence electrons. The molecule has 0 spiro atoms. The highest BCUT2D eigenvalue weighted by molar-refractivity contribution is 6.13. The van der Waals surface area contributed by atoms with Gasteiger partial charge in [0.05, 0.1) is 56.2 Å². The molecular formula is C55H37F6N3. The summed E-state index contributed by atoms with van der Waals surface area (Å²) >= 11 is 0. The molecule has 0 N–H and O–H groups in total. The van der Waals surface area contributed by atoms with E-state index in [0.29, 0.717) is 28.1 Å². The summed E-state index contributed by atoms with van der Waals surface area (Å²) in [5.41, 5.74) is 7.53. The van der Waals surface area contributed by atoms with E-state index in [4.69, 9.17) is 0 Å². The maximum atomic E-state index is 15.6. The smallest absolute Gasteiger partial charge is 0.308 e. The molecule has 0 saturated carbocycles. The minimum Gasteiger partial charge on any atom is -0.308 e. The van der Waals surface area contributed by atoms with E-state index in [1.54, 1.807) is 12.1 Å². The van der Waals surface area contributed by atoms with Crippen LogP contribution >= 0.6 is 0 Å². The number of para-hydroxylation sites is 2. The van der Waals surface area contributed by atoms with E-state index in [-0.39, 0.29) is 28.6 Å². The molecule has 0 aliphatic carbocycles. The molecule has 2 aromatic heterocycles. The second-order valence-electron chi connectivity index (χ2n) is 16.7. The third kappa shape index (κ3) is 6.78. The maximum Gasteiger partial charge on any atom is 0.417 e. The van der Waals surface area contributed by atoms with Crippen molar-refractivity contribution >= 4 is 43.6 Å². The van der Waals surface area contributed by atoms with Gasteiger partial charge in [-0.15, -0.1) is 0 Å². The lowest BCUT2D eigenvalue weighted by atomic mass is 9.92. The third-order valence-electron chi connectivity index (χ3n) is 12.1. The van der Waals surface area contributed by atoms with Gasteiger partial charge < -0.3 is 9.13 Å². The van der Waals surface area contributed by atoms with E-state index in [1.807, 2.05) is 122 Å². The summed E-state index contributed by atoms with van der Waals surface area (Å²) in [6.07, 6.45) is -10.3. The van der Waals surface area contributed by atoms with Gasteiger partial charge in [0.15, 0.2) is 0 Å². The van der Waals surface area contributed by atoms with Gasteiger partial charge in [0.1, 0.15) is 0 Å². The van der Waals surface area contributed by atoms with Crippen LogP contribution in [0.1, 0.15) is 38.9 Å². The fourth-order valence-corrected chi connectivity index (χ4v) is 9.58. The zero-order chi connectivity index (χ0) is 44.8. The molecule has 10 aromatic rings. The van der Waals surface area contributed by atoms with Gasteiger partial charge in [-0.1, -0.05) is 125 Å². The summed E-state index contributed by atoms with van der Waals surface area (Å²) < 4.78 is 93.5. The number of rotatable bonds is 5. The standard InChI is InChI=1S/C55H37F6N3/c1-31-19-32(2)22-38(21-31)36-13-16-43-41-9-5-7-11-47(41)63(49(43)27-36)51-25-35(30-62)26-52(53(51)45-18-15-40(54(56,57)58)29-46(45)55(59,60)61)64-48-12-8-6-10-42(48)44-17-14-37(28-50(44)64)39-23-33(3)20-34(4)24-39/h5-29H,1-4H3. The van der Waals surface area contributed by atoms with E-state index >= 15 is 13.2 Å². The van der Waals surface area contributed by atoms with Crippen LogP contribution in [0, 0.1) is 39.0 Å². The average molecular weight is 854 g/mol. The number of nitrogens with zero attached hydrogens (tertiary/aromatic N) is 3. The lowest BCUT2D eigenvalue weighted by molar-refractivity contribution is -0.142. The molecule has 0 aliphatic rings.